The summed E-state index contributed by atoms with van der Waals surface area (Å²) in [6.07, 6.45) is 1.24. The van der Waals surface area contributed by atoms with Crippen LogP contribution in [-0.4, -0.2) is 45.5 Å². The van der Waals surface area contributed by atoms with E-state index in [-0.39, 0.29) is 0 Å². The van der Waals surface area contributed by atoms with Crippen LogP contribution in [0.4, 0.5) is 5.13 Å². The van der Waals surface area contributed by atoms with Gasteiger partial charge >= 0.3 is 0 Å². The maximum Gasteiger partial charge on any atom is 0.211 e. The van der Waals surface area contributed by atoms with Gasteiger partial charge in [0.25, 0.3) is 0 Å². The lowest BCUT2D eigenvalue weighted by Crippen LogP contribution is -2.37. The molecule has 2 aromatic heterocycles. The fraction of sp³-hybridized carbons (Fsp3) is 0.545. The van der Waals surface area contributed by atoms with E-state index in [0.717, 1.165) is 21.5 Å². The highest BCUT2D eigenvalue weighted by molar-refractivity contribution is 7.88. The van der Waals surface area contributed by atoms with Gasteiger partial charge in [0.15, 0.2) is 0 Å². The number of sulfonamides is 1. The third-order valence-corrected chi connectivity index (χ3v) is 5.28. The van der Waals surface area contributed by atoms with E-state index < -0.39 is 10.0 Å². The minimum Gasteiger partial charge on any atom is -0.354 e. The molecule has 0 aromatic carbocycles. The number of hydrogen-bond donors (Lipinski definition) is 1. The van der Waals surface area contributed by atoms with Crippen molar-refractivity contribution in [1.82, 2.24) is 24.3 Å². The molecule has 0 unspecified atom stereocenters. The lowest BCUT2D eigenvalue weighted by Gasteiger charge is -2.25. The Morgan fingerprint density at radius 1 is 1.38 bits per heavy atom. The maximum absolute atomic E-state index is 11.6. The molecule has 2 aromatic rings. The molecule has 10 heteroatoms. The van der Waals surface area contributed by atoms with Crippen molar-refractivity contribution < 1.29 is 8.42 Å². The summed E-state index contributed by atoms with van der Waals surface area (Å²) >= 11 is 1.49. The highest BCUT2D eigenvalue weighted by Crippen LogP contribution is 2.18. The van der Waals surface area contributed by atoms with Crippen LogP contribution in [-0.2, 0) is 29.7 Å². The Labute approximate surface area is 126 Å². The average molecular weight is 328 g/mol. The number of nitrogens with one attached hydrogen (secondary N) is 1. The standard InChI is InChI=1S/C11H16N6O2S2/c1-8-13-14-11(20-8)12-6-9-5-10-7-16(21(2,18)19)3-4-17(10)15-9/h5H,3-4,6-7H2,1-2H3,(H,12,14). The summed E-state index contributed by atoms with van der Waals surface area (Å²) in [7, 11) is -3.15. The Hall–Kier alpha value is -1.52. The van der Waals surface area contributed by atoms with E-state index in [2.05, 4.69) is 20.6 Å². The zero-order valence-corrected chi connectivity index (χ0v) is 13.4. The van der Waals surface area contributed by atoms with Gasteiger partial charge in [-0.15, -0.1) is 10.2 Å². The van der Waals surface area contributed by atoms with Crippen molar-refractivity contribution >= 4 is 26.5 Å². The molecule has 8 nitrogen and oxygen atoms in total. The number of anilines is 1. The van der Waals surface area contributed by atoms with E-state index in [1.54, 1.807) is 0 Å². The zero-order chi connectivity index (χ0) is 15.0. The van der Waals surface area contributed by atoms with Crippen molar-refractivity contribution in [3.05, 3.63) is 22.5 Å². The summed E-state index contributed by atoms with van der Waals surface area (Å²) in [4.78, 5) is 0. The summed E-state index contributed by atoms with van der Waals surface area (Å²) in [6.45, 7) is 3.88. The largest absolute Gasteiger partial charge is 0.354 e. The van der Waals surface area contributed by atoms with E-state index >= 15 is 0 Å². The molecule has 0 spiro atoms. The maximum atomic E-state index is 11.6. The summed E-state index contributed by atoms with van der Waals surface area (Å²) in [5, 5.41) is 17.2. The fourth-order valence-electron chi connectivity index (χ4n) is 2.21. The summed E-state index contributed by atoms with van der Waals surface area (Å²) in [5.74, 6) is 0. The predicted molar refractivity (Wildman–Crippen MR) is 79.5 cm³/mol. The van der Waals surface area contributed by atoms with Gasteiger partial charge in [0, 0.05) is 6.54 Å². The zero-order valence-electron chi connectivity index (χ0n) is 11.8. The molecule has 1 aliphatic heterocycles. The molecule has 3 rings (SSSR count). The Balaban J connectivity index is 1.69. The predicted octanol–water partition coefficient (Wildman–Crippen LogP) is 0.430. The van der Waals surface area contributed by atoms with Crippen molar-refractivity contribution in [3.8, 4) is 0 Å². The normalized spacial score (nSPS) is 15.9. The Kier molecular flexibility index (Phi) is 3.68. The van der Waals surface area contributed by atoms with Gasteiger partial charge in [-0.05, 0) is 13.0 Å². The van der Waals surface area contributed by atoms with Crippen molar-refractivity contribution in [2.75, 3.05) is 18.1 Å². The molecule has 0 amide bonds. The molecule has 1 N–H and O–H groups in total. The van der Waals surface area contributed by atoms with E-state index in [4.69, 9.17) is 0 Å². The van der Waals surface area contributed by atoms with Gasteiger partial charge in [0.05, 0.1) is 37.3 Å². The first-order valence-electron chi connectivity index (χ1n) is 6.46. The van der Waals surface area contributed by atoms with Crippen LogP contribution in [0.2, 0.25) is 0 Å². The van der Waals surface area contributed by atoms with Crippen LogP contribution in [0, 0.1) is 6.92 Å². The van der Waals surface area contributed by atoms with Gasteiger partial charge in [-0.2, -0.15) is 9.40 Å². The first-order chi connectivity index (χ1) is 9.91. The molecule has 3 heterocycles. The molecular formula is C11H16N6O2S2. The molecule has 0 aliphatic carbocycles. The topological polar surface area (TPSA) is 93.0 Å². The molecule has 1 aliphatic rings. The number of aryl methyl sites for hydroxylation is 1. The Bertz CT molecular complexity index is 751. The quantitative estimate of drug-likeness (QED) is 0.875. The average Bonchev–Trinajstić information content (AvgIpc) is 2.99. The lowest BCUT2D eigenvalue weighted by molar-refractivity contribution is 0.328. The monoisotopic (exact) mass is 328 g/mol. The molecule has 0 saturated carbocycles. The Morgan fingerprint density at radius 3 is 2.86 bits per heavy atom. The smallest absolute Gasteiger partial charge is 0.211 e. The van der Waals surface area contributed by atoms with Gasteiger partial charge in [-0.1, -0.05) is 11.3 Å². The lowest BCUT2D eigenvalue weighted by atomic mass is 10.3. The SMILES string of the molecule is Cc1nnc(NCc2cc3n(n2)CCN(S(C)(=O)=O)C3)s1. The molecule has 114 valence electrons. The van der Waals surface area contributed by atoms with Crippen LogP contribution >= 0.6 is 11.3 Å². The minimum absolute atomic E-state index is 0.379. The van der Waals surface area contributed by atoms with Gasteiger partial charge < -0.3 is 5.32 Å². The van der Waals surface area contributed by atoms with Crippen LogP contribution in [0.5, 0.6) is 0 Å². The summed E-state index contributed by atoms with van der Waals surface area (Å²) in [6, 6.07) is 1.93. The van der Waals surface area contributed by atoms with Crippen molar-refractivity contribution in [2.24, 2.45) is 0 Å². The highest BCUT2D eigenvalue weighted by atomic mass is 32.2. The Morgan fingerprint density at radius 2 is 2.19 bits per heavy atom. The van der Waals surface area contributed by atoms with Gasteiger partial charge in [-0.25, -0.2) is 8.42 Å². The molecule has 0 saturated heterocycles. The molecule has 21 heavy (non-hydrogen) atoms. The van der Waals surface area contributed by atoms with E-state index in [1.807, 2.05) is 17.7 Å². The third kappa shape index (κ3) is 3.22. The second kappa shape index (κ2) is 5.35. The minimum atomic E-state index is -3.15. The number of rotatable bonds is 4. The van der Waals surface area contributed by atoms with Crippen LogP contribution in [0.25, 0.3) is 0 Å². The van der Waals surface area contributed by atoms with Crippen LogP contribution in [0.1, 0.15) is 16.4 Å². The van der Waals surface area contributed by atoms with Crippen LogP contribution < -0.4 is 5.32 Å². The second-order valence-electron chi connectivity index (χ2n) is 4.93. The number of hydrogen-bond acceptors (Lipinski definition) is 7. The van der Waals surface area contributed by atoms with Crippen molar-refractivity contribution in [1.29, 1.82) is 0 Å². The van der Waals surface area contributed by atoms with Gasteiger partial charge in [-0.3, -0.25) is 4.68 Å². The number of fused-ring (bicyclic) bond motifs is 1. The molecule has 0 radical (unpaired) electrons. The molecule has 0 bridgehead atoms. The van der Waals surface area contributed by atoms with Crippen molar-refractivity contribution in [2.45, 2.75) is 26.6 Å². The molecular weight excluding hydrogens is 312 g/mol. The number of aromatic nitrogens is 4. The van der Waals surface area contributed by atoms with Crippen molar-refractivity contribution in [3.63, 3.8) is 0 Å². The molecule has 0 atom stereocenters. The highest BCUT2D eigenvalue weighted by Gasteiger charge is 2.24. The second-order valence-corrected chi connectivity index (χ2v) is 8.09. The number of nitrogens with zero attached hydrogens (tertiary/aromatic N) is 5. The molecule has 0 fully saturated rings. The third-order valence-electron chi connectivity index (χ3n) is 3.23. The van der Waals surface area contributed by atoms with Gasteiger partial charge in [0.1, 0.15) is 5.01 Å². The summed E-state index contributed by atoms with van der Waals surface area (Å²) in [5.41, 5.74) is 1.78. The van der Waals surface area contributed by atoms with Crippen LogP contribution in [0.15, 0.2) is 6.07 Å². The van der Waals surface area contributed by atoms with E-state index in [1.165, 1.54) is 21.9 Å². The van der Waals surface area contributed by atoms with E-state index in [9.17, 15) is 8.42 Å². The first kappa shape index (κ1) is 14.4. The van der Waals surface area contributed by atoms with E-state index in [0.29, 0.717) is 26.2 Å². The first-order valence-corrected chi connectivity index (χ1v) is 9.13. The van der Waals surface area contributed by atoms with Crippen LogP contribution in [0.3, 0.4) is 0 Å². The van der Waals surface area contributed by atoms with Gasteiger partial charge in [0.2, 0.25) is 15.2 Å². The fourth-order valence-corrected chi connectivity index (χ4v) is 3.57. The summed E-state index contributed by atoms with van der Waals surface area (Å²) < 4.78 is 26.5.